The van der Waals surface area contributed by atoms with Crippen LogP contribution in [0, 0.1) is 6.92 Å². The largest absolute Gasteiger partial charge is 0.494 e. The van der Waals surface area contributed by atoms with Crippen molar-refractivity contribution in [1.82, 2.24) is 9.97 Å². The van der Waals surface area contributed by atoms with E-state index in [1.165, 1.54) is 18.4 Å². The molecule has 0 saturated carbocycles. The van der Waals surface area contributed by atoms with Crippen LogP contribution in [-0.4, -0.2) is 28.6 Å². The Morgan fingerprint density at radius 3 is 2.59 bits per heavy atom. The van der Waals surface area contributed by atoms with Crippen LogP contribution in [0.4, 0.5) is 13.2 Å². The molecule has 0 aliphatic rings. The molecule has 2 aromatic heterocycles. The number of thiophene rings is 1. The monoisotopic (exact) mass is 463 g/mol. The van der Waals surface area contributed by atoms with Gasteiger partial charge in [0, 0.05) is 16.8 Å². The summed E-state index contributed by atoms with van der Waals surface area (Å²) in [5.74, 6) is 0.281. The Morgan fingerprint density at radius 1 is 1.28 bits per heavy atom. The minimum absolute atomic E-state index is 0. The molecular weight excluding hydrogens is 447 g/mol. The molecule has 0 amide bonds. The first-order valence-electron chi connectivity index (χ1n) is 8.11. The third-order valence-electron chi connectivity index (χ3n) is 3.87. The average Bonchev–Trinajstić information content (AvgIpc) is 3.13. The van der Waals surface area contributed by atoms with Crippen LogP contribution in [0.1, 0.15) is 25.9 Å². The fraction of sp³-hybridized carbons (Fsp3) is 0.278. The van der Waals surface area contributed by atoms with E-state index in [4.69, 9.17) is 10.5 Å². The first-order valence-corrected chi connectivity index (χ1v) is 9.91. The number of hydrogen-bond acceptors (Lipinski definition) is 7. The van der Waals surface area contributed by atoms with E-state index < -0.39 is 11.7 Å². The Morgan fingerprint density at radius 2 is 2.00 bits per heavy atom. The third kappa shape index (κ3) is 5.19. The molecule has 5 nitrogen and oxygen atoms in total. The molecule has 11 heteroatoms. The summed E-state index contributed by atoms with van der Waals surface area (Å²) in [6.45, 7) is 1.98. The van der Waals surface area contributed by atoms with Gasteiger partial charge in [-0.2, -0.15) is 13.2 Å². The molecule has 2 heterocycles. The molecular formula is C18H17ClF3N3O2S2. The van der Waals surface area contributed by atoms with E-state index in [2.05, 4.69) is 9.97 Å². The molecule has 0 spiro atoms. The second kappa shape index (κ2) is 9.29. The highest BCUT2D eigenvalue weighted by Gasteiger charge is 2.32. The summed E-state index contributed by atoms with van der Waals surface area (Å²) < 4.78 is 44.9. The fourth-order valence-electron chi connectivity index (χ4n) is 2.55. The molecule has 0 saturated heterocycles. The standard InChI is InChI=1S/C18H16F3N3O2S2.ClH/c1-9-23-16-12(5-10(18(19,20)21)6-14(16)26-2)17(24-9)27-8-13(25)15-4-3-11(7-22)28-15;/h3-6H,7-8,22H2,1-2H3;1H. The summed E-state index contributed by atoms with van der Waals surface area (Å²) in [6.07, 6.45) is -4.54. The zero-order valence-electron chi connectivity index (χ0n) is 15.4. The number of ether oxygens (including phenoxy) is 1. The molecule has 3 rings (SSSR count). The molecule has 0 fully saturated rings. The minimum Gasteiger partial charge on any atom is -0.494 e. The molecule has 2 N–H and O–H groups in total. The normalized spacial score (nSPS) is 11.4. The Bertz CT molecular complexity index is 1040. The molecule has 156 valence electrons. The summed E-state index contributed by atoms with van der Waals surface area (Å²) in [5.41, 5.74) is 4.98. The lowest BCUT2D eigenvalue weighted by Gasteiger charge is -2.13. The maximum atomic E-state index is 13.2. The van der Waals surface area contributed by atoms with Gasteiger partial charge in [0.05, 0.1) is 23.3 Å². The van der Waals surface area contributed by atoms with Crippen molar-refractivity contribution in [2.45, 2.75) is 24.7 Å². The Labute approximate surface area is 179 Å². The van der Waals surface area contributed by atoms with Crippen molar-refractivity contribution in [3.8, 4) is 5.75 Å². The quantitative estimate of drug-likeness (QED) is 0.319. The van der Waals surface area contributed by atoms with Gasteiger partial charge >= 0.3 is 6.18 Å². The van der Waals surface area contributed by atoms with Crippen LogP contribution in [0.15, 0.2) is 29.3 Å². The number of aromatic nitrogens is 2. The summed E-state index contributed by atoms with van der Waals surface area (Å²) in [6, 6.07) is 5.38. The van der Waals surface area contributed by atoms with E-state index in [9.17, 15) is 18.0 Å². The highest BCUT2D eigenvalue weighted by Crippen LogP contribution is 2.38. The van der Waals surface area contributed by atoms with Gasteiger partial charge in [-0.3, -0.25) is 4.79 Å². The van der Waals surface area contributed by atoms with Crippen molar-refractivity contribution in [3.05, 3.63) is 45.4 Å². The molecule has 0 aliphatic heterocycles. The van der Waals surface area contributed by atoms with Crippen LogP contribution >= 0.6 is 35.5 Å². The van der Waals surface area contributed by atoms with Gasteiger partial charge in [0.15, 0.2) is 5.78 Å². The maximum absolute atomic E-state index is 13.2. The number of ketones is 1. The van der Waals surface area contributed by atoms with Crippen LogP contribution in [0.25, 0.3) is 10.9 Å². The molecule has 0 aliphatic carbocycles. The van der Waals surface area contributed by atoms with E-state index >= 15 is 0 Å². The van der Waals surface area contributed by atoms with Crippen molar-refractivity contribution in [3.63, 3.8) is 0 Å². The second-order valence-electron chi connectivity index (χ2n) is 5.83. The summed E-state index contributed by atoms with van der Waals surface area (Å²) in [4.78, 5) is 22.3. The number of nitrogens with two attached hydrogens (primary N) is 1. The number of hydrogen-bond donors (Lipinski definition) is 1. The van der Waals surface area contributed by atoms with Crippen molar-refractivity contribution < 1.29 is 22.7 Å². The van der Waals surface area contributed by atoms with Crippen molar-refractivity contribution in [2.24, 2.45) is 5.73 Å². The highest BCUT2D eigenvalue weighted by molar-refractivity contribution is 8.00. The number of carbonyl (C=O) groups is 1. The van der Waals surface area contributed by atoms with E-state index in [0.717, 1.165) is 28.8 Å². The number of carbonyl (C=O) groups excluding carboxylic acids is 1. The fourth-order valence-corrected chi connectivity index (χ4v) is 4.40. The molecule has 0 bridgehead atoms. The lowest BCUT2D eigenvalue weighted by molar-refractivity contribution is -0.137. The number of aryl methyl sites for hydroxylation is 1. The smallest absolute Gasteiger partial charge is 0.416 e. The van der Waals surface area contributed by atoms with Gasteiger partial charge in [0.1, 0.15) is 22.1 Å². The van der Waals surface area contributed by atoms with Gasteiger partial charge in [-0.05, 0) is 31.2 Å². The van der Waals surface area contributed by atoms with Crippen LogP contribution in [0.3, 0.4) is 0 Å². The Hall–Kier alpha value is -1.88. The van der Waals surface area contributed by atoms with Crippen molar-refractivity contribution in [1.29, 1.82) is 0 Å². The first-order chi connectivity index (χ1) is 13.2. The van der Waals surface area contributed by atoms with E-state index in [1.54, 1.807) is 19.1 Å². The lowest BCUT2D eigenvalue weighted by atomic mass is 10.1. The van der Waals surface area contributed by atoms with Gasteiger partial charge in [-0.25, -0.2) is 9.97 Å². The van der Waals surface area contributed by atoms with E-state index in [1.807, 2.05) is 0 Å². The number of rotatable bonds is 6. The lowest BCUT2D eigenvalue weighted by Crippen LogP contribution is -2.07. The number of thioether (sulfide) groups is 1. The van der Waals surface area contributed by atoms with Crippen LogP contribution in [0.2, 0.25) is 0 Å². The molecule has 0 radical (unpaired) electrons. The van der Waals surface area contributed by atoms with Gasteiger partial charge in [-0.15, -0.1) is 23.7 Å². The zero-order valence-corrected chi connectivity index (χ0v) is 17.8. The number of nitrogens with zero attached hydrogens (tertiary/aromatic N) is 2. The van der Waals surface area contributed by atoms with Gasteiger partial charge < -0.3 is 10.5 Å². The van der Waals surface area contributed by atoms with E-state index in [-0.39, 0.29) is 40.6 Å². The minimum atomic E-state index is -4.54. The van der Waals surface area contributed by atoms with E-state index in [0.29, 0.717) is 22.3 Å². The van der Waals surface area contributed by atoms with Crippen LogP contribution in [-0.2, 0) is 12.7 Å². The first kappa shape index (κ1) is 23.4. The Balaban J connectivity index is 0.00000300. The van der Waals surface area contributed by atoms with Crippen molar-refractivity contribution in [2.75, 3.05) is 12.9 Å². The van der Waals surface area contributed by atoms with Crippen molar-refractivity contribution >= 4 is 52.2 Å². The second-order valence-corrected chi connectivity index (χ2v) is 7.96. The molecule has 0 atom stereocenters. The number of halogens is 4. The Kier molecular flexibility index (Phi) is 7.50. The summed E-state index contributed by atoms with van der Waals surface area (Å²) in [5, 5.41) is 0.500. The summed E-state index contributed by atoms with van der Waals surface area (Å²) in [7, 11) is 1.29. The predicted molar refractivity (Wildman–Crippen MR) is 110 cm³/mol. The van der Waals surface area contributed by atoms with Gasteiger partial charge in [0.2, 0.25) is 0 Å². The highest BCUT2D eigenvalue weighted by atomic mass is 35.5. The predicted octanol–water partition coefficient (Wildman–Crippen LogP) is 4.88. The third-order valence-corrected chi connectivity index (χ3v) is 6.01. The van der Waals surface area contributed by atoms with Crippen LogP contribution in [0.5, 0.6) is 5.75 Å². The molecule has 3 aromatic rings. The van der Waals surface area contributed by atoms with Gasteiger partial charge in [0.25, 0.3) is 0 Å². The average molecular weight is 464 g/mol. The summed E-state index contributed by atoms with van der Waals surface area (Å²) >= 11 is 2.38. The zero-order chi connectivity index (χ0) is 20.5. The number of benzene rings is 1. The molecule has 0 unspecified atom stereocenters. The number of methoxy groups -OCH3 is 1. The molecule has 1 aromatic carbocycles. The maximum Gasteiger partial charge on any atom is 0.416 e. The topological polar surface area (TPSA) is 78.1 Å². The number of alkyl halides is 3. The SMILES string of the molecule is COc1cc(C(F)(F)F)cc2c(SCC(=O)c3ccc(CN)s3)nc(C)nc12.Cl. The van der Waals surface area contributed by atoms with Crippen LogP contribution < -0.4 is 10.5 Å². The molecule has 29 heavy (non-hydrogen) atoms. The number of Topliss-reactive ketones (excluding diaryl/α,β-unsaturated/α-hetero) is 1. The number of fused-ring (bicyclic) bond motifs is 1. The van der Waals surface area contributed by atoms with Gasteiger partial charge in [-0.1, -0.05) is 11.8 Å².